The van der Waals surface area contributed by atoms with Gasteiger partial charge in [0.15, 0.2) is 0 Å². The summed E-state index contributed by atoms with van der Waals surface area (Å²) in [5.41, 5.74) is 3.32. The minimum absolute atomic E-state index is 0.182. The van der Waals surface area contributed by atoms with Gasteiger partial charge in [-0.05, 0) is 61.4 Å². The fourth-order valence-electron chi connectivity index (χ4n) is 2.76. The van der Waals surface area contributed by atoms with Crippen molar-refractivity contribution in [3.63, 3.8) is 0 Å². The van der Waals surface area contributed by atoms with Gasteiger partial charge in [0.1, 0.15) is 23.9 Å². The summed E-state index contributed by atoms with van der Waals surface area (Å²) >= 11 is 0. The topological polar surface area (TPSA) is 44.8 Å². The van der Waals surface area contributed by atoms with E-state index in [1.807, 2.05) is 19.1 Å². The van der Waals surface area contributed by atoms with Crippen molar-refractivity contribution in [2.45, 2.75) is 39.2 Å². The second kappa shape index (κ2) is 7.13. The van der Waals surface area contributed by atoms with Gasteiger partial charge in [-0.2, -0.15) is 0 Å². The Labute approximate surface area is 146 Å². The van der Waals surface area contributed by atoms with Crippen LogP contribution in [0.2, 0.25) is 0 Å². The van der Waals surface area contributed by atoms with Gasteiger partial charge in [-0.15, -0.1) is 0 Å². The van der Waals surface area contributed by atoms with Gasteiger partial charge in [0.25, 0.3) is 0 Å². The van der Waals surface area contributed by atoms with Crippen LogP contribution in [-0.4, -0.2) is 13.3 Å². The molecule has 0 saturated heterocycles. The molecule has 132 valence electrons. The van der Waals surface area contributed by atoms with Crippen LogP contribution in [-0.2, 0) is 11.3 Å². The van der Waals surface area contributed by atoms with Gasteiger partial charge >= 0.3 is 6.16 Å². The predicted molar refractivity (Wildman–Crippen MR) is 91.7 cm³/mol. The number of hydrogen-bond donors (Lipinski definition) is 0. The van der Waals surface area contributed by atoms with E-state index in [0.717, 1.165) is 29.5 Å². The lowest BCUT2D eigenvalue weighted by Gasteiger charge is -2.16. The SMILES string of the molecule is COC(=O)Oc1cccc(C)c1COc1cc(F)c(C)cc1C1CC1. The van der Waals surface area contributed by atoms with E-state index in [1.54, 1.807) is 19.1 Å². The molecule has 1 aliphatic rings. The molecule has 2 aromatic carbocycles. The normalized spacial score (nSPS) is 13.4. The van der Waals surface area contributed by atoms with Crippen molar-refractivity contribution in [2.24, 2.45) is 0 Å². The zero-order valence-electron chi connectivity index (χ0n) is 14.6. The molecule has 0 amide bonds. The van der Waals surface area contributed by atoms with Crippen molar-refractivity contribution in [2.75, 3.05) is 7.11 Å². The molecule has 2 aromatic rings. The van der Waals surface area contributed by atoms with Crippen molar-refractivity contribution in [1.82, 2.24) is 0 Å². The Morgan fingerprint density at radius 2 is 1.92 bits per heavy atom. The first-order valence-electron chi connectivity index (χ1n) is 8.26. The Bertz CT molecular complexity index is 797. The lowest BCUT2D eigenvalue weighted by atomic mass is 10.1. The number of methoxy groups -OCH3 is 1. The maximum atomic E-state index is 14.0. The van der Waals surface area contributed by atoms with E-state index in [0.29, 0.717) is 23.0 Å². The molecule has 5 heteroatoms. The Morgan fingerprint density at radius 1 is 1.16 bits per heavy atom. The fourth-order valence-corrected chi connectivity index (χ4v) is 2.76. The molecular weight excluding hydrogens is 323 g/mol. The van der Waals surface area contributed by atoms with E-state index in [4.69, 9.17) is 9.47 Å². The van der Waals surface area contributed by atoms with Gasteiger partial charge in [-0.25, -0.2) is 9.18 Å². The van der Waals surface area contributed by atoms with Crippen LogP contribution in [0.5, 0.6) is 11.5 Å². The third-order valence-electron chi connectivity index (χ3n) is 4.41. The van der Waals surface area contributed by atoms with Crippen molar-refractivity contribution < 1.29 is 23.4 Å². The van der Waals surface area contributed by atoms with Crippen LogP contribution in [0, 0.1) is 19.7 Å². The minimum Gasteiger partial charge on any atom is -0.488 e. The van der Waals surface area contributed by atoms with E-state index in [1.165, 1.54) is 13.2 Å². The Morgan fingerprint density at radius 3 is 2.60 bits per heavy atom. The van der Waals surface area contributed by atoms with Crippen molar-refractivity contribution in [3.05, 3.63) is 58.4 Å². The molecule has 1 fully saturated rings. The third-order valence-corrected chi connectivity index (χ3v) is 4.41. The number of rotatable bonds is 5. The predicted octanol–water partition coefficient (Wildman–Crippen LogP) is 5.04. The quantitative estimate of drug-likeness (QED) is 0.563. The molecule has 4 nitrogen and oxygen atoms in total. The van der Waals surface area contributed by atoms with Crippen LogP contribution in [0.1, 0.15) is 41.0 Å². The summed E-state index contributed by atoms with van der Waals surface area (Å²) in [5, 5.41) is 0. The zero-order chi connectivity index (χ0) is 18.0. The highest BCUT2D eigenvalue weighted by Crippen LogP contribution is 2.45. The zero-order valence-corrected chi connectivity index (χ0v) is 14.6. The van der Waals surface area contributed by atoms with Crippen LogP contribution >= 0.6 is 0 Å². The molecule has 0 unspecified atom stereocenters. The Hall–Kier alpha value is -2.56. The maximum Gasteiger partial charge on any atom is 0.513 e. The second-order valence-corrected chi connectivity index (χ2v) is 6.31. The highest BCUT2D eigenvalue weighted by molar-refractivity contribution is 5.64. The van der Waals surface area contributed by atoms with Crippen LogP contribution in [0.15, 0.2) is 30.3 Å². The van der Waals surface area contributed by atoms with Crippen LogP contribution < -0.4 is 9.47 Å². The molecule has 0 heterocycles. The first kappa shape index (κ1) is 17.3. The maximum absolute atomic E-state index is 14.0. The number of carbonyl (C=O) groups is 1. The van der Waals surface area contributed by atoms with E-state index in [2.05, 4.69) is 4.74 Å². The van der Waals surface area contributed by atoms with Crippen LogP contribution in [0.4, 0.5) is 9.18 Å². The number of halogens is 1. The molecule has 0 aliphatic heterocycles. The second-order valence-electron chi connectivity index (χ2n) is 6.31. The van der Waals surface area contributed by atoms with Gasteiger partial charge in [0.2, 0.25) is 0 Å². The van der Waals surface area contributed by atoms with Crippen LogP contribution in [0.3, 0.4) is 0 Å². The summed E-state index contributed by atoms with van der Waals surface area (Å²) in [6.45, 7) is 3.84. The number of ether oxygens (including phenoxy) is 3. The molecule has 0 radical (unpaired) electrons. The highest BCUT2D eigenvalue weighted by atomic mass is 19.1. The summed E-state index contributed by atoms with van der Waals surface area (Å²) in [6, 6.07) is 8.69. The molecule has 0 atom stereocenters. The fraction of sp³-hybridized carbons (Fsp3) is 0.350. The molecule has 0 aromatic heterocycles. The molecule has 25 heavy (non-hydrogen) atoms. The van der Waals surface area contributed by atoms with Crippen molar-refractivity contribution >= 4 is 6.16 Å². The molecule has 1 saturated carbocycles. The average molecular weight is 344 g/mol. The first-order valence-corrected chi connectivity index (χ1v) is 8.26. The summed E-state index contributed by atoms with van der Waals surface area (Å²) in [6.07, 6.45) is 1.41. The molecule has 1 aliphatic carbocycles. The number of aryl methyl sites for hydroxylation is 2. The summed E-state index contributed by atoms with van der Waals surface area (Å²) < 4.78 is 29.6. The smallest absolute Gasteiger partial charge is 0.488 e. The number of carbonyl (C=O) groups excluding carboxylic acids is 1. The van der Waals surface area contributed by atoms with Crippen molar-refractivity contribution in [1.29, 1.82) is 0 Å². The van der Waals surface area contributed by atoms with E-state index in [-0.39, 0.29) is 12.4 Å². The van der Waals surface area contributed by atoms with E-state index in [9.17, 15) is 9.18 Å². The highest BCUT2D eigenvalue weighted by Gasteiger charge is 2.28. The van der Waals surface area contributed by atoms with Crippen LogP contribution in [0.25, 0.3) is 0 Å². The lowest BCUT2D eigenvalue weighted by molar-refractivity contribution is 0.120. The summed E-state index contributed by atoms with van der Waals surface area (Å²) in [4.78, 5) is 11.4. The molecular formula is C20H21FO4. The van der Waals surface area contributed by atoms with Crippen molar-refractivity contribution in [3.8, 4) is 11.5 Å². The summed E-state index contributed by atoms with van der Waals surface area (Å²) in [5.74, 6) is 1.09. The molecule has 0 bridgehead atoms. The standard InChI is InChI=1S/C20H21FO4/c1-12-5-4-6-18(25-20(22)23-3)16(12)11-24-19-10-17(21)13(2)9-15(19)14-7-8-14/h4-6,9-10,14H,7-8,11H2,1-3H3. The average Bonchev–Trinajstić information content (AvgIpc) is 3.42. The molecule has 3 rings (SSSR count). The third kappa shape index (κ3) is 3.92. The van der Waals surface area contributed by atoms with Gasteiger partial charge in [0.05, 0.1) is 7.11 Å². The van der Waals surface area contributed by atoms with Gasteiger partial charge in [0, 0.05) is 11.6 Å². The van der Waals surface area contributed by atoms with Gasteiger partial charge in [-0.1, -0.05) is 12.1 Å². The molecule has 0 spiro atoms. The first-order chi connectivity index (χ1) is 12.0. The Kier molecular flexibility index (Phi) is 4.93. The summed E-state index contributed by atoms with van der Waals surface area (Å²) in [7, 11) is 1.26. The number of benzene rings is 2. The van der Waals surface area contributed by atoms with Gasteiger partial charge in [-0.3, -0.25) is 0 Å². The largest absolute Gasteiger partial charge is 0.513 e. The lowest BCUT2D eigenvalue weighted by Crippen LogP contribution is -2.11. The monoisotopic (exact) mass is 344 g/mol. The minimum atomic E-state index is -0.785. The van der Waals surface area contributed by atoms with E-state index >= 15 is 0 Å². The van der Waals surface area contributed by atoms with Gasteiger partial charge < -0.3 is 14.2 Å². The van der Waals surface area contributed by atoms with E-state index < -0.39 is 6.16 Å². The number of hydrogen-bond acceptors (Lipinski definition) is 4. The molecule has 0 N–H and O–H groups in total. The Balaban J connectivity index is 1.85.